The Morgan fingerprint density at radius 2 is 1.82 bits per heavy atom. The van der Waals surface area contributed by atoms with Crippen molar-refractivity contribution in [1.29, 1.82) is 0 Å². The summed E-state index contributed by atoms with van der Waals surface area (Å²) in [5.74, 6) is -0.0599. The van der Waals surface area contributed by atoms with Crippen LogP contribution >= 0.6 is 0 Å². The Bertz CT molecular complexity index is 209. The first-order valence-electron chi connectivity index (χ1n) is 5.96. The van der Waals surface area contributed by atoms with E-state index in [2.05, 4.69) is 18.5 Å². The highest BCUT2D eigenvalue weighted by Gasteiger charge is 2.05. The molecule has 0 heterocycles. The third kappa shape index (κ3) is 13.1. The highest BCUT2D eigenvalue weighted by atomic mass is 35.5. The first-order chi connectivity index (χ1) is 7.70. The number of halogens is 1. The standard InChI is InChI=1S/C13H23NO2.ClH/c1-3-6-12(7-4-2)8-5-10-14-11-9-13(15)16;/h3-4,12,14H,1-2,5-11H2,(H,15,16);1H. The summed E-state index contributed by atoms with van der Waals surface area (Å²) in [5, 5.41) is 10.5. The molecular weight excluding hydrogens is 238 g/mol. The molecular formula is C13H24ClNO2. The van der Waals surface area contributed by atoms with Crippen molar-refractivity contribution in [1.82, 2.24) is 0 Å². The largest absolute Gasteiger partial charge is 1.00 e. The van der Waals surface area contributed by atoms with Crippen molar-refractivity contribution in [3.8, 4) is 0 Å². The van der Waals surface area contributed by atoms with E-state index in [1.807, 2.05) is 12.2 Å². The van der Waals surface area contributed by atoms with Gasteiger partial charge in [-0.1, -0.05) is 12.2 Å². The number of rotatable bonds is 11. The Kier molecular flexibility index (Phi) is 14.5. The van der Waals surface area contributed by atoms with Gasteiger partial charge in [0.05, 0.1) is 19.5 Å². The lowest BCUT2D eigenvalue weighted by Crippen LogP contribution is -3.00. The second-order valence-electron chi connectivity index (χ2n) is 4.07. The summed E-state index contributed by atoms with van der Waals surface area (Å²) in [5.41, 5.74) is 0. The minimum absolute atomic E-state index is 0. The number of carbonyl (C=O) groups is 1. The molecule has 0 radical (unpaired) electrons. The van der Waals surface area contributed by atoms with Crippen molar-refractivity contribution in [2.45, 2.75) is 32.1 Å². The van der Waals surface area contributed by atoms with E-state index < -0.39 is 5.97 Å². The zero-order valence-corrected chi connectivity index (χ0v) is 11.2. The first kappa shape index (κ1) is 18.6. The third-order valence-corrected chi connectivity index (χ3v) is 2.58. The molecule has 0 atom stereocenters. The maximum Gasteiger partial charge on any atom is 0.309 e. The maximum absolute atomic E-state index is 10.3. The van der Waals surface area contributed by atoms with E-state index in [4.69, 9.17) is 5.11 Å². The molecule has 17 heavy (non-hydrogen) atoms. The lowest BCUT2D eigenvalue weighted by atomic mass is 9.96. The van der Waals surface area contributed by atoms with E-state index in [0.717, 1.165) is 25.8 Å². The summed E-state index contributed by atoms with van der Waals surface area (Å²) in [6, 6.07) is 0. The molecule has 0 saturated carbocycles. The summed E-state index contributed by atoms with van der Waals surface area (Å²) in [6.45, 7) is 9.20. The van der Waals surface area contributed by atoms with Gasteiger partial charge in [0.1, 0.15) is 0 Å². The number of quaternary nitrogens is 1. The Morgan fingerprint density at radius 1 is 1.24 bits per heavy atom. The van der Waals surface area contributed by atoms with Crippen molar-refractivity contribution in [3.05, 3.63) is 25.3 Å². The van der Waals surface area contributed by atoms with Crippen LogP contribution in [0.5, 0.6) is 0 Å². The number of hydrogen-bond acceptors (Lipinski definition) is 1. The van der Waals surface area contributed by atoms with Gasteiger partial charge in [0.15, 0.2) is 0 Å². The van der Waals surface area contributed by atoms with E-state index in [1.165, 1.54) is 6.42 Å². The fourth-order valence-corrected chi connectivity index (χ4v) is 1.72. The normalized spacial score (nSPS) is 9.71. The van der Waals surface area contributed by atoms with Crippen LogP contribution < -0.4 is 17.7 Å². The Labute approximate surface area is 110 Å². The molecule has 0 saturated heterocycles. The van der Waals surface area contributed by atoms with Crippen molar-refractivity contribution in [2.24, 2.45) is 5.92 Å². The molecule has 0 bridgehead atoms. The highest BCUT2D eigenvalue weighted by Crippen LogP contribution is 2.15. The zero-order chi connectivity index (χ0) is 12.2. The van der Waals surface area contributed by atoms with Crippen molar-refractivity contribution < 1.29 is 27.6 Å². The lowest BCUT2D eigenvalue weighted by molar-refractivity contribution is -0.654. The molecule has 0 fully saturated rings. The van der Waals surface area contributed by atoms with Gasteiger partial charge >= 0.3 is 5.97 Å². The van der Waals surface area contributed by atoms with Gasteiger partial charge in [0, 0.05) is 0 Å². The molecule has 0 aliphatic rings. The molecule has 0 unspecified atom stereocenters. The van der Waals surface area contributed by atoms with Gasteiger partial charge in [0.25, 0.3) is 0 Å². The number of hydrogen-bond donors (Lipinski definition) is 2. The fraction of sp³-hybridized carbons (Fsp3) is 0.615. The predicted molar refractivity (Wildman–Crippen MR) is 66.3 cm³/mol. The molecule has 0 amide bonds. The van der Waals surface area contributed by atoms with Crippen LogP contribution in [0.4, 0.5) is 0 Å². The molecule has 0 aromatic heterocycles. The number of nitrogens with two attached hydrogens (primary N) is 1. The summed E-state index contributed by atoms with van der Waals surface area (Å²) in [6.07, 6.45) is 8.56. The summed E-state index contributed by atoms with van der Waals surface area (Å²) in [7, 11) is 0. The number of carboxylic acids is 1. The highest BCUT2D eigenvalue weighted by molar-refractivity contribution is 5.66. The Morgan fingerprint density at radius 3 is 2.29 bits per heavy atom. The molecule has 100 valence electrons. The van der Waals surface area contributed by atoms with Gasteiger partial charge < -0.3 is 22.8 Å². The van der Waals surface area contributed by atoms with E-state index in [1.54, 1.807) is 0 Å². The Balaban J connectivity index is 0. The zero-order valence-electron chi connectivity index (χ0n) is 10.4. The lowest BCUT2D eigenvalue weighted by Gasteiger charge is -2.11. The van der Waals surface area contributed by atoms with Gasteiger partial charge in [-0.15, -0.1) is 13.2 Å². The van der Waals surface area contributed by atoms with Crippen LogP contribution in [0.2, 0.25) is 0 Å². The van der Waals surface area contributed by atoms with Crippen LogP contribution in [-0.2, 0) is 4.79 Å². The van der Waals surface area contributed by atoms with Crippen molar-refractivity contribution in [3.63, 3.8) is 0 Å². The van der Waals surface area contributed by atoms with Gasteiger partial charge in [-0.3, -0.25) is 4.79 Å². The van der Waals surface area contributed by atoms with Crippen LogP contribution in [0.25, 0.3) is 0 Å². The molecule has 3 N–H and O–H groups in total. The summed E-state index contributed by atoms with van der Waals surface area (Å²) in [4.78, 5) is 10.3. The molecule has 0 aliphatic heterocycles. The molecule has 0 aromatic rings. The molecule has 0 spiro atoms. The summed E-state index contributed by atoms with van der Waals surface area (Å²) >= 11 is 0. The van der Waals surface area contributed by atoms with Crippen LogP contribution in [0.3, 0.4) is 0 Å². The third-order valence-electron chi connectivity index (χ3n) is 2.58. The minimum Gasteiger partial charge on any atom is -1.00 e. The van der Waals surface area contributed by atoms with Crippen LogP contribution in [0.15, 0.2) is 25.3 Å². The van der Waals surface area contributed by atoms with E-state index in [-0.39, 0.29) is 18.8 Å². The van der Waals surface area contributed by atoms with Crippen molar-refractivity contribution >= 4 is 5.97 Å². The molecule has 0 rings (SSSR count). The number of aliphatic carboxylic acids is 1. The monoisotopic (exact) mass is 261 g/mol. The first-order valence-corrected chi connectivity index (χ1v) is 5.96. The second-order valence-corrected chi connectivity index (χ2v) is 4.07. The molecule has 3 nitrogen and oxygen atoms in total. The average molecular weight is 262 g/mol. The van der Waals surface area contributed by atoms with Crippen molar-refractivity contribution in [2.75, 3.05) is 13.1 Å². The average Bonchev–Trinajstić information content (AvgIpc) is 2.23. The van der Waals surface area contributed by atoms with Crippen LogP contribution in [-0.4, -0.2) is 24.2 Å². The SMILES string of the molecule is C=CCC(CC=C)CCC[NH2+]CCC(=O)O.[Cl-]. The predicted octanol–water partition coefficient (Wildman–Crippen LogP) is -1.42. The van der Waals surface area contributed by atoms with E-state index >= 15 is 0 Å². The van der Waals surface area contributed by atoms with Crippen LogP contribution in [0, 0.1) is 5.92 Å². The van der Waals surface area contributed by atoms with Gasteiger partial charge in [-0.25, -0.2) is 0 Å². The molecule has 4 heteroatoms. The fourth-order valence-electron chi connectivity index (χ4n) is 1.72. The number of allylic oxidation sites excluding steroid dienone is 2. The van der Waals surface area contributed by atoms with Gasteiger partial charge in [0.2, 0.25) is 0 Å². The number of carboxylic acid groups (broad SMARTS) is 1. The quantitative estimate of drug-likeness (QED) is 0.354. The van der Waals surface area contributed by atoms with Gasteiger partial charge in [-0.05, 0) is 31.6 Å². The van der Waals surface area contributed by atoms with E-state index in [0.29, 0.717) is 12.5 Å². The smallest absolute Gasteiger partial charge is 0.309 e. The second kappa shape index (κ2) is 13.3. The topological polar surface area (TPSA) is 53.9 Å². The Hall–Kier alpha value is -0.800. The molecule has 0 aromatic carbocycles. The summed E-state index contributed by atoms with van der Waals surface area (Å²) < 4.78 is 0. The molecule has 0 aliphatic carbocycles. The minimum atomic E-state index is -0.715. The van der Waals surface area contributed by atoms with E-state index in [9.17, 15) is 4.79 Å². The van der Waals surface area contributed by atoms with Gasteiger partial charge in [-0.2, -0.15) is 0 Å². The maximum atomic E-state index is 10.3. The van der Waals surface area contributed by atoms with Crippen LogP contribution in [0.1, 0.15) is 32.1 Å².